The summed E-state index contributed by atoms with van der Waals surface area (Å²) in [7, 11) is -2.13. The molecular formula is C13H16ClNO3S. The van der Waals surface area contributed by atoms with Crippen LogP contribution in [-0.4, -0.2) is 22.1 Å². The summed E-state index contributed by atoms with van der Waals surface area (Å²) in [5, 5.41) is 7.15. The lowest BCUT2D eigenvalue weighted by atomic mass is 10.0. The first-order valence-electron chi connectivity index (χ1n) is 5.56. The maximum Gasteiger partial charge on any atom is 0.238 e. The Balaban J connectivity index is 0.00000180. The molecule has 0 aromatic heterocycles. The number of sulfonamides is 1. The summed E-state index contributed by atoms with van der Waals surface area (Å²) in [4.78, 5) is 0.179. The van der Waals surface area contributed by atoms with Crippen molar-refractivity contribution in [1.29, 1.82) is 0 Å². The fraction of sp³-hybridized carbons (Fsp3) is 0.231. The Bertz CT molecular complexity index is 671. The van der Waals surface area contributed by atoms with Crippen LogP contribution in [0.2, 0.25) is 0 Å². The second-order valence-electron chi connectivity index (χ2n) is 4.05. The Labute approximate surface area is 119 Å². The summed E-state index contributed by atoms with van der Waals surface area (Å²) in [6.45, 7) is 0.455. The van der Waals surface area contributed by atoms with Gasteiger partial charge in [-0.1, -0.05) is 30.3 Å². The molecule has 0 saturated heterocycles. The number of rotatable bonds is 4. The summed E-state index contributed by atoms with van der Waals surface area (Å²) in [6.07, 6.45) is 0.517. The molecule has 2 aromatic rings. The first-order chi connectivity index (χ1) is 8.54. The second-order valence-corrected chi connectivity index (χ2v) is 5.58. The number of hydrogen-bond donors (Lipinski definition) is 1. The number of fused-ring (bicyclic) bond motifs is 1. The summed E-state index contributed by atoms with van der Waals surface area (Å²) in [5.74, 6) is 0. The Hall–Kier alpha value is -1.14. The highest BCUT2D eigenvalue weighted by atomic mass is 35.5. The molecule has 2 N–H and O–H groups in total. The smallest absolute Gasteiger partial charge is 0.238 e. The van der Waals surface area contributed by atoms with Gasteiger partial charge in [0, 0.05) is 7.11 Å². The molecule has 2 aromatic carbocycles. The second kappa shape index (κ2) is 6.34. The zero-order valence-corrected chi connectivity index (χ0v) is 12.1. The highest BCUT2D eigenvalue weighted by molar-refractivity contribution is 7.89. The molecule has 104 valence electrons. The lowest BCUT2D eigenvalue weighted by Crippen LogP contribution is -2.15. The SMILES string of the molecule is COCCc1c(S(N)(=O)=O)ccc2ccccc12.Cl. The van der Waals surface area contributed by atoms with Crippen molar-refractivity contribution in [3.05, 3.63) is 42.0 Å². The topological polar surface area (TPSA) is 69.4 Å². The third kappa shape index (κ3) is 3.45. The van der Waals surface area contributed by atoms with E-state index in [9.17, 15) is 8.42 Å². The third-order valence-corrected chi connectivity index (χ3v) is 3.86. The van der Waals surface area contributed by atoms with Crippen molar-refractivity contribution in [2.75, 3.05) is 13.7 Å². The van der Waals surface area contributed by atoms with E-state index in [4.69, 9.17) is 9.88 Å². The minimum atomic E-state index is -3.71. The largest absolute Gasteiger partial charge is 0.384 e. The minimum Gasteiger partial charge on any atom is -0.384 e. The standard InChI is InChI=1S/C13H15NO3S.ClH/c1-17-9-8-12-11-5-3-2-4-10(11)6-7-13(12)18(14,15)16;/h2-7H,8-9H2,1H3,(H2,14,15,16);1H. The van der Waals surface area contributed by atoms with Gasteiger partial charge in [-0.3, -0.25) is 0 Å². The van der Waals surface area contributed by atoms with Gasteiger partial charge >= 0.3 is 0 Å². The van der Waals surface area contributed by atoms with Crippen LogP contribution in [0.4, 0.5) is 0 Å². The molecular weight excluding hydrogens is 286 g/mol. The van der Waals surface area contributed by atoms with E-state index in [-0.39, 0.29) is 17.3 Å². The van der Waals surface area contributed by atoms with Crippen LogP contribution in [0.25, 0.3) is 10.8 Å². The Morgan fingerprint density at radius 3 is 2.47 bits per heavy atom. The monoisotopic (exact) mass is 301 g/mol. The lowest BCUT2D eigenvalue weighted by molar-refractivity contribution is 0.202. The number of halogens is 1. The maximum absolute atomic E-state index is 11.6. The number of hydrogen-bond acceptors (Lipinski definition) is 3. The van der Waals surface area contributed by atoms with Crippen LogP contribution in [0, 0.1) is 0 Å². The fourth-order valence-corrected chi connectivity index (χ4v) is 2.86. The van der Waals surface area contributed by atoms with Crippen LogP contribution in [0.1, 0.15) is 5.56 Å². The quantitative estimate of drug-likeness (QED) is 0.940. The van der Waals surface area contributed by atoms with E-state index < -0.39 is 10.0 Å². The van der Waals surface area contributed by atoms with Gasteiger partial charge in [-0.25, -0.2) is 13.6 Å². The van der Waals surface area contributed by atoms with Gasteiger partial charge in [0.05, 0.1) is 11.5 Å². The molecule has 0 aliphatic heterocycles. The maximum atomic E-state index is 11.6. The molecule has 0 aliphatic rings. The molecule has 0 amide bonds. The molecule has 0 spiro atoms. The average Bonchev–Trinajstić information content (AvgIpc) is 2.34. The van der Waals surface area contributed by atoms with Crippen LogP contribution in [0.3, 0.4) is 0 Å². The number of methoxy groups -OCH3 is 1. The van der Waals surface area contributed by atoms with Gasteiger partial charge in [-0.05, 0) is 28.8 Å². The first kappa shape index (κ1) is 15.9. The summed E-state index contributed by atoms with van der Waals surface area (Å²) in [6, 6.07) is 11.0. The van der Waals surface area contributed by atoms with E-state index in [0.717, 1.165) is 16.3 Å². The zero-order chi connectivity index (χ0) is 13.2. The van der Waals surface area contributed by atoms with Crippen molar-refractivity contribution in [3.63, 3.8) is 0 Å². The van der Waals surface area contributed by atoms with Gasteiger partial charge in [0.2, 0.25) is 10.0 Å². The first-order valence-corrected chi connectivity index (χ1v) is 7.11. The molecule has 0 saturated carbocycles. The molecule has 0 bridgehead atoms. The van der Waals surface area contributed by atoms with Crippen molar-refractivity contribution in [1.82, 2.24) is 0 Å². The predicted octanol–water partition coefficient (Wildman–Crippen LogP) is 2.10. The number of benzene rings is 2. The van der Waals surface area contributed by atoms with E-state index in [0.29, 0.717) is 13.0 Å². The minimum absolute atomic E-state index is 0. The molecule has 2 rings (SSSR count). The Kier molecular flexibility index (Phi) is 5.31. The van der Waals surface area contributed by atoms with Gasteiger partial charge < -0.3 is 4.74 Å². The molecule has 19 heavy (non-hydrogen) atoms. The van der Waals surface area contributed by atoms with E-state index in [1.165, 1.54) is 0 Å². The fourth-order valence-electron chi connectivity index (χ4n) is 2.04. The number of nitrogens with two attached hydrogens (primary N) is 1. The van der Waals surface area contributed by atoms with Gasteiger partial charge in [-0.15, -0.1) is 12.4 Å². The normalized spacial score (nSPS) is 11.3. The highest BCUT2D eigenvalue weighted by Gasteiger charge is 2.16. The van der Waals surface area contributed by atoms with Crippen LogP contribution in [-0.2, 0) is 21.2 Å². The van der Waals surface area contributed by atoms with E-state index in [1.54, 1.807) is 19.2 Å². The number of primary sulfonamides is 1. The Morgan fingerprint density at radius 2 is 1.84 bits per heavy atom. The molecule has 0 radical (unpaired) electrons. The predicted molar refractivity (Wildman–Crippen MR) is 78.1 cm³/mol. The Morgan fingerprint density at radius 1 is 1.16 bits per heavy atom. The molecule has 0 unspecified atom stereocenters. The molecule has 0 fully saturated rings. The van der Waals surface area contributed by atoms with Crippen molar-refractivity contribution in [3.8, 4) is 0 Å². The molecule has 0 heterocycles. The van der Waals surface area contributed by atoms with Crippen LogP contribution >= 0.6 is 12.4 Å². The molecule has 4 nitrogen and oxygen atoms in total. The van der Waals surface area contributed by atoms with E-state index >= 15 is 0 Å². The van der Waals surface area contributed by atoms with E-state index in [2.05, 4.69) is 0 Å². The van der Waals surface area contributed by atoms with Gasteiger partial charge in [0.1, 0.15) is 0 Å². The lowest BCUT2D eigenvalue weighted by Gasteiger charge is -2.11. The van der Waals surface area contributed by atoms with Crippen molar-refractivity contribution in [2.45, 2.75) is 11.3 Å². The van der Waals surface area contributed by atoms with Gasteiger partial charge in [0.15, 0.2) is 0 Å². The van der Waals surface area contributed by atoms with Crippen molar-refractivity contribution >= 4 is 33.2 Å². The molecule has 0 aliphatic carbocycles. The summed E-state index contributed by atoms with van der Waals surface area (Å²) in [5.41, 5.74) is 0.720. The molecule has 6 heteroatoms. The molecule has 0 atom stereocenters. The average molecular weight is 302 g/mol. The zero-order valence-electron chi connectivity index (χ0n) is 10.5. The van der Waals surface area contributed by atoms with Crippen LogP contribution < -0.4 is 5.14 Å². The van der Waals surface area contributed by atoms with Crippen LogP contribution in [0.5, 0.6) is 0 Å². The number of ether oxygens (including phenoxy) is 1. The van der Waals surface area contributed by atoms with Gasteiger partial charge in [0.25, 0.3) is 0 Å². The van der Waals surface area contributed by atoms with Crippen molar-refractivity contribution in [2.24, 2.45) is 5.14 Å². The summed E-state index contributed by atoms with van der Waals surface area (Å²) < 4.78 is 28.2. The highest BCUT2D eigenvalue weighted by Crippen LogP contribution is 2.25. The van der Waals surface area contributed by atoms with Gasteiger partial charge in [-0.2, -0.15) is 0 Å². The summed E-state index contributed by atoms with van der Waals surface area (Å²) >= 11 is 0. The van der Waals surface area contributed by atoms with E-state index in [1.807, 2.05) is 24.3 Å². The van der Waals surface area contributed by atoms with Crippen molar-refractivity contribution < 1.29 is 13.2 Å². The van der Waals surface area contributed by atoms with Crippen LogP contribution in [0.15, 0.2) is 41.3 Å². The third-order valence-electron chi connectivity index (χ3n) is 2.86.